The van der Waals surface area contributed by atoms with Crippen LogP contribution in [0.25, 0.3) is 0 Å². The topological polar surface area (TPSA) is 49.5 Å². The summed E-state index contributed by atoms with van der Waals surface area (Å²) in [6, 6.07) is 6.93. The summed E-state index contributed by atoms with van der Waals surface area (Å²) in [6.07, 6.45) is -2.44. The number of benzene rings is 1. The SMILES string of the molecule is C[C@H](N)c1ccccc1N(CCO)CC(F)F. The fourth-order valence-electron chi connectivity index (χ4n) is 1.76. The number of para-hydroxylation sites is 1. The first-order valence-corrected chi connectivity index (χ1v) is 5.54. The van der Waals surface area contributed by atoms with Gasteiger partial charge < -0.3 is 15.7 Å². The predicted octanol–water partition coefficient (Wildman–Crippen LogP) is 1.77. The van der Waals surface area contributed by atoms with Gasteiger partial charge in [-0.15, -0.1) is 0 Å². The Morgan fingerprint density at radius 1 is 1.35 bits per heavy atom. The molecule has 0 saturated heterocycles. The standard InChI is InChI=1S/C12H18F2N2O/c1-9(15)10-4-2-3-5-11(10)16(6-7-17)8-12(13)14/h2-5,9,12,17H,6-8,15H2,1H3/t9-/m0/s1. The molecule has 0 aliphatic rings. The molecule has 0 fully saturated rings. The summed E-state index contributed by atoms with van der Waals surface area (Å²) in [6.45, 7) is 1.41. The second-order valence-corrected chi connectivity index (χ2v) is 3.91. The quantitative estimate of drug-likeness (QED) is 0.801. The first-order valence-electron chi connectivity index (χ1n) is 5.54. The molecule has 0 unspecified atom stereocenters. The van der Waals surface area contributed by atoms with Crippen LogP contribution in [0.5, 0.6) is 0 Å². The van der Waals surface area contributed by atoms with Gasteiger partial charge in [0.15, 0.2) is 0 Å². The molecule has 1 aromatic rings. The zero-order valence-electron chi connectivity index (χ0n) is 9.81. The minimum atomic E-state index is -2.44. The number of halogens is 2. The lowest BCUT2D eigenvalue weighted by atomic mass is 10.1. The van der Waals surface area contributed by atoms with Crippen LogP contribution in [0.3, 0.4) is 0 Å². The van der Waals surface area contributed by atoms with E-state index in [2.05, 4.69) is 0 Å². The maximum absolute atomic E-state index is 12.5. The van der Waals surface area contributed by atoms with E-state index >= 15 is 0 Å². The van der Waals surface area contributed by atoms with Gasteiger partial charge in [-0.2, -0.15) is 0 Å². The first kappa shape index (κ1) is 13.9. The fourth-order valence-corrected chi connectivity index (χ4v) is 1.76. The molecule has 0 amide bonds. The fraction of sp³-hybridized carbons (Fsp3) is 0.500. The maximum atomic E-state index is 12.5. The zero-order valence-corrected chi connectivity index (χ0v) is 9.81. The summed E-state index contributed by atoms with van der Waals surface area (Å²) in [4.78, 5) is 1.46. The van der Waals surface area contributed by atoms with Gasteiger partial charge in [-0.3, -0.25) is 0 Å². The van der Waals surface area contributed by atoms with E-state index in [4.69, 9.17) is 10.8 Å². The van der Waals surface area contributed by atoms with Crippen molar-refractivity contribution in [2.75, 3.05) is 24.6 Å². The Labute approximate surface area is 99.8 Å². The highest BCUT2D eigenvalue weighted by molar-refractivity contribution is 5.55. The molecule has 0 saturated carbocycles. The van der Waals surface area contributed by atoms with E-state index < -0.39 is 13.0 Å². The summed E-state index contributed by atoms with van der Waals surface area (Å²) in [5.41, 5.74) is 7.27. The number of hydrogen-bond acceptors (Lipinski definition) is 3. The second-order valence-electron chi connectivity index (χ2n) is 3.91. The van der Waals surface area contributed by atoms with Crippen molar-refractivity contribution < 1.29 is 13.9 Å². The third-order valence-electron chi connectivity index (χ3n) is 2.50. The molecule has 96 valence electrons. The van der Waals surface area contributed by atoms with Crippen LogP contribution in [0.1, 0.15) is 18.5 Å². The Balaban J connectivity index is 2.99. The molecular formula is C12H18F2N2O. The second kappa shape index (κ2) is 6.51. The van der Waals surface area contributed by atoms with E-state index in [1.165, 1.54) is 4.90 Å². The molecule has 0 heterocycles. The number of nitrogens with zero attached hydrogens (tertiary/aromatic N) is 1. The van der Waals surface area contributed by atoms with Gasteiger partial charge >= 0.3 is 0 Å². The van der Waals surface area contributed by atoms with Crippen molar-refractivity contribution in [2.45, 2.75) is 19.4 Å². The van der Waals surface area contributed by atoms with Crippen molar-refractivity contribution in [2.24, 2.45) is 5.73 Å². The first-order chi connectivity index (χ1) is 8.06. The molecule has 3 N–H and O–H groups in total. The highest BCUT2D eigenvalue weighted by Gasteiger charge is 2.16. The van der Waals surface area contributed by atoms with Gasteiger partial charge in [-0.05, 0) is 18.6 Å². The van der Waals surface area contributed by atoms with Crippen LogP contribution in [-0.2, 0) is 0 Å². The largest absolute Gasteiger partial charge is 0.395 e. The van der Waals surface area contributed by atoms with Crippen LogP contribution in [0.2, 0.25) is 0 Å². The Bertz CT molecular complexity index is 345. The lowest BCUT2D eigenvalue weighted by Crippen LogP contribution is -2.32. The molecule has 0 aliphatic carbocycles. The van der Waals surface area contributed by atoms with Gasteiger partial charge in [0, 0.05) is 18.3 Å². The molecule has 0 aliphatic heterocycles. The average molecular weight is 244 g/mol. The van der Waals surface area contributed by atoms with Crippen LogP contribution >= 0.6 is 0 Å². The number of rotatable bonds is 6. The Hall–Kier alpha value is -1.20. The highest BCUT2D eigenvalue weighted by Crippen LogP contribution is 2.25. The van der Waals surface area contributed by atoms with Crippen molar-refractivity contribution in [3.63, 3.8) is 0 Å². The third kappa shape index (κ3) is 3.94. The molecule has 0 radical (unpaired) electrons. The molecule has 0 aromatic heterocycles. The van der Waals surface area contributed by atoms with E-state index in [0.717, 1.165) is 5.56 Å². The van der Waals surface area contributed by atoms with Gasteiger partial charge in [-0.1, -0.05) is 18.2 Å². The number of anilines is 1. The summed E-state index contributed by atoms with van der Waals surface area (Å²) < 4.78 is 24.9. The van der Waals surface area contributed by atoms with Crippen molar-refractivity contribution in [3.8, 4) is 0 Å². The highest BCUT2D eigenvalue weighted by atomic mass is 19.3. The molecule has 1 rings (SSSR count). The number of aliphatic hydroxyl groups is 1. The van der Waals surface area contributed by atoms with Crippen LogP contribution in [0.15, 0.2) is 24.3 Å². The van der Waals surface area contributed by atoms with E-state index in [1.807, 2.05) is 12.1 Å². The lowest BCUT2D eigenvalue weighted by molar-refractivity contribution is 0.152. The van der Waals surface area contributed by atoms with Crippen molar-refractivity contribution >= 4 is 5.69 Å². The smallest absolute Gasteiger partial charge is 0.255 e. The Morgan fingerprint density at radius 3 is 2.53 bits per heavy atom. The van der Waals surface area contributed by atoms with Crippen molar-refractivity contribution in [1.29, 1.82) is 0 Å². The van der Waals surface area contributed by atoms with Crippen LogP contribution in [0.4, 0.5) is 14.5 Å². The van der Waals surface area contributed by atoms with Crippen molar-refractivity contribution in [3.05, 3.63) is 29.8 Å². The van der Waals surface area contributed by atoms with Crippen LogP contribution < -0.4 is 10.6 Å². The van der Waals surface area contributed by atoms with E-state index in [9.17, 15) is 8.78 Å². The number of alkyl halides is 2. The predicted molar refractivity (Wildman–Crippen MR) is 64.3 cm³/mol. The molecule has 17 heavy (non-hydrogen) atoms. The number of aliphatic hydroxyl groups excluding tert-OH is 1. The normalized spacial score (nSPS) is 12.8. The minimum absolute atomic E-state index is 0.167. The Morgan fingerprint density at radius 2 is 2.00 bits per heavy atom. The molecular weight excluding hydrogens is 226 g/mol. The van der Waals surface area contributed by atoms with E-state index in [0.29, 0.717) is 5.69 Å². The number of nitrogens with two attached hydrogens (primary N) is 1. The average Bonchev–Trinajstić information content (AvgIpc) is 2.28. The monoisotopic (exact) mass is 244 g/mol. The third-order valence-corrected chi connectivity index (χ3v) is 2.50. The summed E-state index contributed by atoms with van der Waals surface area (Å²) in [5.74, 6) is 0. The molecule has 5 heteroatoms. The summed E-state index contributed by atoms with van der Waals surface area (Å²) in [5, 5.41) is 8.92. The molecule has 1 atom stereocenters. The molecule has 0 spiro atoms. The van der Waals surface area contributed by atoms with Gasteiger partial charge in [0.1, 0.15) is 0 Å². The number of hydrogen-bond donors (Lipinski definition) is 2. The van der Waals surface area contributed by atoms with E-state index in [1.54, 1.807) is 19.1 Å². The molecule has 0 bridgehead atoms. The molecule has 3 nitrogen and oxygen atoms in total. The van der Waals surface area contributed by atoms with Gasteiger partial charge in [0.25, 0.3) is 6.43 Å². The summed E-state index contributed by atoms with van der Waals surface area (Å²) >= 11 is 0. The van der Waals surface area contributed by atoms with Crippen molar-refractivity contribution in [1.82, 2.24) is 0 Å². The Kier molecular flexibility index (Phi) is 5.31. The minimum Gasteiger partial charge on any atom is -0.395 e. The maximum Gasteiger partial charge on any atom is 0.255 e. The summed E-state index contributed by atoms with van der Waals surface area (Å²) in [7, 11) is 0. The van der Waals surface area contributed by atoms with Gasteiger partial charge in [-0.25, -0.2) is 8.78 Å². The zero-order chi connectivity index (χ0) is 12.8. The van der Waals surface area contributed by atoms with Crippen LogP contribution in [0, 0.1) is 0 Å². The lowest BCUT2D eigenvalue weighted by Gasteiger charge is -2.27. The van der Waals surface area contributed by atoms with Gasteiger partial charge in [0.2, 0.25) is 0 Å². The van der Waals surface area contributed by atoms with E-state index in [-0.39, 0.29) is 19.2 Å². The van der Waals surface area contributed by atoms with Crippen LogP contribution in [-0.4, -0.2) is 31.2 Å². The molecule has 1 aromatic carbocycles. The van der Waals surface area contributed by atoms with Gasteiger partial charge in [0.05, 0.1) is 13.2 Å².